The molecule has 2 atom stereocenters. The zero-order valence-corrected chi connectivity index (χ0v) is 13.0. The van der Waals surface area contributed by atoms with Gasteiger partial charge in [-0.25, -0.2) is 13.1 Å². The third kappa shape index (κ3) is 3.54. The maximum Gasteiger partial charge on any atom is 0.250 e. The second-order valence-electron chi connectivity index (χ2n) is 4.59. The Labute approximate surface area is 120 Å². The van der Waals surface area contributed by atoms with Crippen molar-refractivity contribution in [1.29, 1.82) is 0 Å². The average molecular weight is 354 g/mol. The first-order valence-corrected chi connectivity index (χ1v) is 8.99. The van der Waals surface area contributed by atoms with E-state index in [0.717, 1.165) is 29.5 Å². The number of thiophene rings is 1. The Balaban J connectivity index is 2.04. The molecule has 0 saturated heterocycles. The summed E-state index contributed by atoms with van der Waals surface area (Å²) in [7, 11) is -3.41. The van der Waals surface area contributed by atoms with Crippen LogP contribution in [0.25, 0.3) is 0 Å². The summed E-state index contributed by atoms with van der Waals surface area (Å²) >= 11 is 4.47. The molecule has 1 aliphatic rings. The normalized spacial score (nSPS) is 25.2. The van der Waals surface area contributed by atoms with Crippen molar-refractivity contribution < 1.29 is 13.5 Å². The highest BCUT2D eigenvalue weighted by atomic mass is 79.9. The third-order valence-corrected chi connectivity index (χ3v) is 6.81. The van der Waals surface area contributed by atoms with Crippen molar-refractivity contribution in [2.75, 3.05) is 6.61 Å². The van der Waals surface area contributed by atoms with Crippen molar-refractivity contribution in [3.8, 4) is 0 Å². The maximum absolute atomic E-state index is 12.1. The summed E-state index contributed by atoms with van der Waals surface area (Å²) in [5.41, 5.74) is 0. The zero-order valence-electron chi connectivity index (χ0n) is 9.80. The van der Waals surface area contributed by atoms with Crippen LogP contribution in [0.15, 0.2) is 20.1 Å². The Morgan fingerprint density at radius 1 is 1.44 bits per heavy atom. The van der Waals surface area contributed by atoms with Crippen LogP contribution >= 0.6 is 27.3 Å². The van der Waals surface area contributed by atoms with Crippen LogP contribution in [0.5, 0.6) is 0 Å². The van der Waals surface area contributed by atoms with E-state index in [4.69, 9.17) is 5.11 Å². The summed E-state index contributed by atoms with van der Waals surface area (Å²) in [6.45, 7) is 0.142. The number of nitrogens with one attached hydrogen (secondary N) is 1. The van der Waals surface area contributed by atoms with Crippen molar-refractivity contribution in [3.63, 3.8) is 0 Å². The summed E-state index contributed by atoms with van der Waals surface area (Å²) in [4.78, 5) is 0. The molecule has 7 heteroatoms. The summed E-state index contributed by atoms with van der Waals surface area (Å²) in [5.74, 6) is 0.224. The fraction of sp³-hybridized carbons (Fsp3) is 0.636. The van der Waals surface area contributed by atoms with E-state index in [9.17, 15) is 8.42 Å². The highest BCUT2D eigenvalue weighted by Gasteiger charge is 2.26. The fourth-order valence-corrected chi connectivity index (χ4v) is 5.59. The van der Waals surface area contributed by atoms with Crippen molar-refractivity contribution in [1.82, 2.24) is 4.72 Å². The second-order valence-corrected chi connectivity index (χ2v) is 9.00. The summed E-state index contributed by atoms with van der Waals surface area (Å²) in [5, 5.41) is 9.15. The van der Waals surface area contributed by atoms with Crippen molar-refractivity contribution in [2.24, 2.45) is 5.92 Å². The SMILES string of the molecule is O=S(=O)(NC1CCCC(CO)C1)c1ccc(Br)s1. The number of hydrogen-bond donors (Lipinski definition) is 2. The number of rotatable bonds is 4. The molecule has 2 unspecified atom stereocenters. The quantitative estimate of drug-likeness (QED) is 0.872. The van der Waals surface area contributed by atoms with Gasteiger partial charge in [-0.1, -0.05) is 6.42 Å². The maximum atomic E-state index is 12.1. The molecule has 1 aliphatic carbocycles. The van der Waals surface area contributed by atoms with Gasteiger partial charge < -0.3 is 5.11 Å². The largest absolute Gasteiger partial charge is 0.396 e. The highest BCUT2D eigenvalue weighted by Crippen LogP contribution is 2.28. The molecular weight excluding hydrogens is 338 g/mol. The van der Waals surface area contributed by atoms with E-state index < -0.39 is 10.0 Å². The molecule has 1 heterocycles. The number of hydrogen-bond acceptors (Lipinski definition) is 4. The standard InChI is InChI=1S/C11H16BrNO3S2/c12-10-4-5-11(17-10)18(15,16)13-9-3-1-2-8(6-9)7-14/h4-5,8-9,13-14H,1-3,6-7H2. The van der Waals surface area contributed by atoms with Crippen molar-refractivity contribution in [2.45, 2.75) is 35.9 Å². The molecular formula is C11H16BrNO3S2. The second kappa shape index (κ2) is 6.00. The smallest absolute Gasteiger partial charge is 0.250 e. The zero-order chi connectivity index (χ0) is 13.2. The number of aliphatic hydroxyl groups is 1. The van der Waals surface area contributed by atoms with E-state index in [1.807, 2.05) is 0 Å². The van der Waals surface area contributed by atoms with E-state index in [1.54, 1.807) is 12.1 Å². The first kappa shape index (κ1) is 14.5. The minimum Gasteiger partial charge on any atom is -0.396 e. The van der Waals surface area contributed by atoms with Gasteiger partial charge in [-0.05, 0) is 53.2 Å². The predicted molar refractivity (Wildman–Crippen MR) is 75.2 cm³/mol. The lowest BCUT2D eigenvalue weighted by molar-refractivity contribution is 0.177. The molecule has 1 aromatic rings. The lowest BCUT2D eigenvalue weighted by Gasteiger charge is -2.28. The van der Waals surface area contributed by atoms with Crippen LogP contribution in [0.1, 0.15) is 25.7 Å². The van der Waals surface area contributed by atoms with Gasteiger partial charge >= 0.3 is 0 Å². The predicted octanol–water partition coefficient (Wildman–Crippen LogP) is 2.34. The molecule has 4 nitrogen and oxygen atoms in total. The first-order chi connectivity index (χ1) is 8.51. The molecule has 2 rings (SSSR count). The summed E-state index contributed by atoms with van der Waals surface area (Å²) < 4.78 is 28.1. The van der Waals surface area contributed by atoms with E-state index in [2.05, 4.69) is 20.7 Å². The van der Waals surface area contributed by atoms with E-state index >= 15 is 0 Å². The number of aliphatic hydroxyl groups excluding tert-OH is 1. The van der Waals surface area contributed by atoms with Gasteiger partial charge in [0.1, 0.15) is 4.21 Å². The molecule has 1 aromatic heterocycles. The molecule has 1 fully saturated rings. The Morgan fingerprint density at radius 2 is 2.22 bits per heavy atom. The lowest BCUT2D eigenvalue weighted by atomic mass is 9.87. The van der Waals surface area contributed by atoms with Gasteiger partial charge in [0.25, 0.3) is 0 Å². The third-order valence-electron chi connectivity index (χ3n) is 3.18. The number of halogens is 1. The Hall–Kier alpha value is 0.0500. The molecule has 1 saturated carbocycles. The Morgan fingerprint density at radius 3 is 2.83 bits per heavy atom. The van der Waals surface area contributed by atoms with Crippen LogP contribution in [0.4, 0.5) is 0 Å². The molecule has 0 amide bonds. The topological polar surface area (TPSA) is 66.4 Å². The number of sulfonamides is 1. The van der Waals surface area contributed by atoms with Crippen LogP contribution in [0.3, 0.4) is 0 Å². The van der Waals surface area contributed by atoms with Gasteiger partial charge in [0.2, 0.25) is 10.0 Å². The van der Waals surface area contributed by atoms with Gasteiger partial charge in [0.05, 0.1) is 3.79 Å². The molecule has 18 heavy (non-hydrogen) atoms. The van der Waals surface area contributed by atoms with Crippen LogP contribution in [-0.4, -0.2) is 26.2 Å². The van der Waals surface area contributed by atoms with Gasteiger partial charge in [-0.3, -0.25) is 0 Å². The molecule has 2 N–H and O–H groups in total. The molecule has 102 valence electrons. The van der Waals surface area contributed by atoms with E-state index in [1.165, 1.54) is 11.3 Å². The summed E-state index contributed by atoms with van der Waals surface area (Å²) in [6.07, 6.45) is 3.52. The molecule has 0 radical (unpaired) electrons. The van der Waals surface area contributed by atoms with Gasteiger partial charge in [-0.2, -0.15) is 0 Å². The van der Waals surface area contributed by atoms with E-state index in [0.29, 0.717) is 4.21 Å². The van der Waals surface area contributed by atoms with Crippen molar-refractivity contribution >= 4 is 37.3 Å². The molecule has 0 bridgehead atoms. The molecule has 0 spiro atoms. The fourth-order valence-electron chi connectivity index (χ4n) is 2.28. The minimum absolute atomic E-state index is 0.0539. The molecule has 0 aromatic carbocycles. The molecule has 0 aliphatic heterocycles. The monoisotopic (exact) mass is 353 g/mol. The van der Waals surface area contributed by atoms with E-state index in [-0.39, 0.29) is 18.6 Å². The highest BCUT2D eigenvalue weighted by molar-refractivity contribution is 9.11. The summed E-state index contributed by atoms with van der Waals surface area (Å²) in [6, 6.07) is 3.28. The van der Waals surface area contributed by atoms with Crippen LogP contribution in [-0.2, 0) is 10.0 Å². The lowest BCUT2D eigenvalue weighted by Crippen LogP contribution is -2.38. The van der Waals surface area contributed by atoms with Crippen molar-refractivity contribution in [3.05, 3.63) is 15.9 Å². The first-order valence-electron chi connectivity index (χ1n) is 5.90. The van der Waals surface area contributed by atoms with Crippen LogP contribution < -0.4 is 4.72 Å². The van der Waals surface area contributed by atoms with Gasteiger partial charge in [0, 0.05) is 12.6 Å². The van der Waals surface area contributed by atoms with Gasteiger partial charge in [-0.15, -0.1) is 11.3 Å². The minimum atomic E-state index is -3.41. The average Bonchev–Trinajstić information content (AvgIpc) is 2.76. The van der Waals surface area contributed by atoms with Crippen LogP contribution in [0.2, 0.25) is 0 Å². The Bertz CT molecular complexity index is 500. The van der Waals surface area contributed by atoms with Gasteiger partial charge in [0.15, 0.2) is 0 Å². The van der Waals surface area contributed by atoms with Crippen LogP contribution in [0, 0.1) is 5.92 Å². The Kier molecular flexibility index (Phi) is 4.82.